The average molecular weight is 332 g/mol. The Balaban J connectivity index is 1.94. The van der Waals surface area contributed by atoms with Gasteiger partial charge >= 0.3 is 0 Å². The lowest BCUT2D eigenvalue weighted by Crippen LogP contribution is -2.17. The Morgan fingerprint density at radius 2 is 2.18 bits per heavy atom. The number of thiophene rings is 1. The quantitative estimate of drug-likeness (QED) is 0.897. The molecule has 2 aromatic heterocycles. The highest BCUT2D eigenvalue weighted by atomic mass is 79.9. The van der Waals surface area contributed by atoms with Crippen molar-refractivity contribution in [2.75, 3.05) is 0 Å². The summed E-state index contributed by atoms with van der Waals surface area (Å²) in [7, 11) is 0. The lowest BCUT2D eigenvalue weighted by Gasteiger charge is -2.12. The van der Waals surface area contributed by atoms with Crippen LogP contribution in [0, 0.1) is 0 Å². The summed E-state index contributed by atoms with van der Waals surface area (Å²) >= 11 is 11.0. The van der Waals surface area contributed by atoms with Crippen molar-refractivity contribution < 1.29 is 0 Å². The van der Waals surface area contributed by atoms with Crippen LogP contribution in [0.2, 0.25) is 4.34 Å². The summed E-state index contributed by atoms with van der Waals surface area (Å²) in [5.74, 6) is 0. The Bertz CT molecular complexity index is 467. The van der Waals surface area contributed by atoms with E-state index in [4.69, 9.17) is 11.6 Å². The van der Waals surface area contributed by atoms with Crippen molar-refractivity contribution in [3.8, 4) is 0 Å². The Hall–Kier alpha value is -0.420. The topological polar surface area (TPSA) is 24.9 Å². The normalized spacial score (nSPS) is 12.6. The van der Waals surface area contributed by atoms with Crippen LogP contribution in [-0.4, -0.2) is 4.98 Å². The molecule has 0 aliphatic heterocycles. The van der Waals surface area contributed by atoms with Crippen LogP contribution in [0.3, 0.4) is 0 Å². The molecule has 0 aliphatic rings. The second-order valence-electron chi connectivity index (χ2n) is 3.72. The van der Waals surface area contributed by atoms with Crippen LogP contribution in [0.15, 0.2) is 35.1 Å². The van der Waals surface area contributed by atoms with Gasteiger partial charge in [0.2, 0.25) is 0 Å². The van der Waals surface area contributed by atoms with Crippen molar-refractivity contribution in [2.45, 2.75) is 19.5 Å². The van der Waals surface area contributed by atoms with Crippen LogP contribution in [0.4, 0.5) is 0 Å². The number of hydrogen-bond acceptors (Lipinski definition) is 3. The first-order chi connectivity index (χ1) is 8.16. The zero-order valence-corrected chi connectivity index (χ0v) is 12.4. The van der Waals surface area contributed by atoms with Gasteiger partial charge in [-0.15, -0.1) is 11.3 Å². The predicted octanol–water partition coefficient (Wildman–Crippen LogP) is 4.41. The molecule has 0 aromatic carbocycles. The van der Waals surface area contributed by atoms with E-state index in [0.717, 1.165) is 15.4 Å². The van der Waals surface area contributed by atoms with Crippen LogP contribution >= 0.6 is 38.9 Å². The van der Waals surface area contributed by atoms with Gasteiger partial charge in [-0.25, -0.2) is 0 Å². The molecule has 0 radical (unpaired) electrons. The van der Waals surface area contributed by atoms with Gasteiger partial charge in [-0.05, 0) is 46.6 Å². The Morgan fingerprint density at radius 1 is 1.47 bits per heavy atom. The highest BCUT2D eigenvalue weighted by Gasteiger charge is 2.07. The van der Waals surface area contributed by atoms with Gasteiger partial charge in [0.25, 0.3) is 0 Å². The van der Waals surface area contributed by atoms with Crippen molar-refractivity contribution >= 4 is 38.9 Å². The van der Waals surface area contributed by atoms with Crippen LogP contribution in [0.25, 0.3) is 0 Å². The van der Waals surface area contributed by atoms with Gasteiger partial charge in [0.1, 0.15) is 4.34 Å². The molecule has 0 unspecified atom stereocenters. The van der Waals surface area contributed by atoms with Crippen molar-refractivity contribution in [2.24, 2.45) is 0 Å². The molecule has 0 bridgehead atoms. The van der Waals surface area contributed by atoms with Crippen molar-refractivity contribution in [1.82, 2.24) is 10.3 Å². The van der Waals surface area contributed by atoms with E-state index in [-0.39, 0.29) is 0 Å². The summed E-state index contributed by atoms with van der Waals surface area (Å²) in [5.41, 5.74) is 1.24. The number of aromatic nitrogens is 1. The number of halogens is 2. The predicted molar refractivity (Wildman–Crippen MR) is 76.5 cm³/mol. The van der Waals surface area contributed by atoms with E-state index in [9.17, 15) is 0 Å². The fourth-order valence-corrected chi connectivity index (χ4v) is 3.24. The van der Waals surface area contributed by atoms with Crippen molar-refractivity contribution in [1.29, 1.82) is 0 Å². The SMILES string of the molecule is C[C@@H](NCc1cc(Br)c(Cl)s1)c1ccncc1. The fourth-order valence-electron chi connectivity index (χ4n) is 1.50. The highest BCUT2D eigenvalue weighted by molar-refractivity contribution is 9.10. The van der Waals surface area contributed by atoms with Crippen molar-refractivity contribution in [3.05, 3.63) is 49.8 Å². The average Bonchev–Trinajstić information content (AvgIpc) is 2.67. The molecule has 2 heterocycles. The zero-order valence-electron chi connectivity index (χ0n) is 9.28. The summed E-state index contributed by atoms with van der Waals surface area (Å²) in [4.78, 5) is 5.24. The number of nitrogens with zero attached hydrogens (tertiary/aromatic N) is 1. The van der Waals surface area contributed by atoms with Gasteiger partial charge < -0.3 is 5.32 Å². The second kappa shape index (κ2) is 5.96. The molecule has 2 aromatic rings. The fraction of sp³-hybridized carbons (Fsp3) is 0.250. The minimum absolute atomic E-state index is 0.303. The Labute approximate surface area is 118 Å². The van der Waals surface area contributed by atoms with Crippen molar-refractivity contribution in [3.63, 3.8) is 0 Å². The summed E-state index contributed by atoms with van der Waals surface area (Å²) in [6, 6.07) is 6.40. The third-order valence-electron chi connectivity index (χ3n) is 2.48. The van der Waals surface area contributed by atoms with Gasteiger partial charge in [0.05, 0.1) is 0 Å². The second-order valence-corrected chi connectivity index (χ2v) is 6.31. The summed E-state index contributed by atoms with van der Waals surface area (Å²) in [6.07, 6.45) is 3.62. The van der Waals surface area contributed by atoms with E-state index in [1.54, 1.807) is 11.3 Å². The lowest BCUT2D eigenvalue weighted by molar-refractivity contribution is 0.578. The first kappa shape index (κ1) is 13.0. The molecule has 0 saturated heterocycles. The molecule has 0 aliphatic carbocycles. The van der Waals surface area contributed by atoms with E-state index < -0.39 is 0 Å². The van der Waals surface area contributed by atoms with Crippen LogP contribution < -0.4 is 5.32 Å². The van der Waals surface area contributed by atoms with Crippen LogP contribution in [0.1, 0.15) is 23.4 Å². The lowest BCUT2D eigenvalue weighted by atomic mass is 10.1. The van der Waals surface area contributed by atoms with Crippen LogP contribution in [-0.2, 0) is 6.54 Å². The molecule has 0 amide bonds. The minimum atomic E-state index is 0.303. The van der Waals surface area contributed by atoms with E-state index in [1.165, 1.54) is 10.4 Å². The number of rotatable bonds is 4. The highest BCUT2D eigenvalue weighted by Crippen LogP contribution is 2.32. The van der Waals surface area contributed by atoms with Gasteiger partial charge in [-0.3, -0.25) is 4.98 Å². The zero-order chi connectivity index (χ0) is 12.3. The molecule has 5 heteroatoms. The van der Waals surface area contributed by atoms with Gasteiger partial charge in [-0.2, -0.15) is 0 Å². The number of nitrogens with one attached hydrogen (secondary N) is 1. The van der Waals surface area contributed by atoms with Gasteiger partial charge in [0.15, 0.2) is 0 Å². The van der Waals surface area contributed by atoms with E-state index in [0.29, 0.717) is 6.04 Å². The maximum absolute atomic E-state index is 6.00. The maximum atomic E-state index is 6.00. The Kier molecular flexibility index (Phi) is 4.56. The standard InChI is InChI=1S/C12H12BrClN2S/c1-8(9-2-4-15-5-3-9)16-7-10-6-11(13)12(14)17-10/h2-6,8,16H,7H2,1H3/t8-/m1/s1. The molecule has 0 spiro atoms. The monoisotopic (exact) mass is 330 g/mol. The molecular weight excluding hydrogens is 320 g/mol. The smallest absolute Gasteiger partial charge is 0.107 e. The summed E-state index contributed by atoms with van der Waals surface area (Å²) < 4.78 is 1.77. The largest absolute Gasteiger partial charge is 0.305 e. The molecule has 0 fully saturated rings. The third kappa shape index (κ3) is 3.52. The van der Waals surface area contributed by atoms with Crippen LogP contribution in [0.5, 0.6) is 0 Å². The summed E-state index contributed by atoms with van der Waals surface area (Å²) in [5, 5.41) is 3.46. The molecule has 2 rings (SSSR count). The molecule has 1 atom stereocenters. The molecule has 0 saturated carbocycles. The number of pyridine rings is 1. The summed E-state index contributed by atoms with van der Waals surface area (Å²) in [6.45, 7) is 2.96. The molecule has 17 heavy (non-hydrogen) atoms. The number of hydrogen-bond donors (Lipinski definition) is 1. The van der Waals surface area contributed by atoms with E-state index in [2.05, 4.69) is 39.2 Å². The van der Waals surface area contributed by atoms with E-state index in [1.807, 2.05) is 24.5 Å². The molecule has 90 valence electrons. The first-order valence-electron chi connectivity index (χ1n) is 5.24. The van der Waals surface area contributed by atoms with Gasteiger partial charge in [0, 0.05) is 34.3 Å². The third-order valence-corrected chi connectivity index (χ3v) is 4.96. The first-order valence-corrected chi connectivity index (χ1v) is 7.22. The van der Waals surface area contributed by atoms with E-state index >= 15 is 0 Å². The Morgan fingerprint density at radius 3 is 2.76 bits per heavy atom. The molecule has 1 N–H and O–H groups in total. The minimum Gasteiger partial charge on any atom is -0.305 e. The maximum Gasteiger partial charge on any atom is 0.107 e. The molecule has 2 nitrogen and oxygen atoms in total. The van der Waals surface area contributed by atoms with Gasteiger partial charge in [-0.1, -0.05) is 11.6 Å². The molecular formula is C12H12BrClN2S.